The minimum Gasteiger partial charge on any atom is -0.450 e. The standard InChI is InChI=1S/C18H19N3O4S/c1-2-25-18(24)19-13-8-6-11(7-9-13)16(22)20-21-17(23)15-10-12-4-3-5-14(12)26-15/h6-10H,2-5H2,1H3,(H,19,24)(H,20,22)(H,21,23). The number of hydrazine groups is 1. The summed E-state index contributed by atoms with van der Waals surface area (Å²) in [5.74, 6) is -0.761. The van der Waals surface area contributed by atoms with Gasteiger partial charge in [-0.2, -0.15) is 0 Å². The average Bonchev–Trinajstić information content (AvgIpc) is 3.22. The van der Waals surface area contributed by atoms with E-state index in [1.54, 1.807) is 31.2 Å². The van der Waals surface area contributed by atoms with E-state index in [4.69, 9.17) is 4.74 Å². The van der Waals surface area contributed by atoms with E-state index in [-0.39, 0.29) is 12.5 Å². The molecule has 1 heterocycles. The van der Waals surface area contributed by atoms with Gasteiger partial charge in [-0.1, -0.05) is 0 Å². The molecule has 3 N–H and O–H groups in total. The Labute approximate surface area is 154 Å². The van der Waals surface area contributed by atoms with E-state index < -0.39 is 12.0 Å². The first-order chi connectivity index (χ1) is 12.6. The maximum absolute atomic E-state index is 12.1. The predicted octanol–water partition coefficient (Wildman–Crippen LogP) is 2.88. The van der Waals surface area contributed by atoms with E-state index in [0.29, 0.717) is 16.1 Å². The molecule has 1 aromatic heterocycles. The van der Waals surface area contributed by atoms with Crippen LogP contribution in [0.25, 0.3) is 0 Å². The van der Waals surface area contributed by atoms with E-state index in [0.717, 1.165) is 19.3 Å². The number of carbonyl (C=O) groups excluding carboxylic acids is 3. The molecule has 3 rings (SSSR count). The molecule has 0 saturated heterocycles. The quantitative estimate of drug-likeness (QED) is 0.718. The minimum atomic E-state index is -0.556. The van der Waals surface area contributed by atoms with Gasteiger partial charge in [-0.05, 0) is 62.1 Å². The van der Waals surface area contributed by atoms with Crippen molar-refractivity contribution in [3.8, 4) is 0 Å². The number of nitrogens with one attached hydrogen (secondary N) is 3. The van der Waals surface area contributed by atoms with Gasteiger partial charge in [0.2, 0.25) is 0 Å². The maximum atomic E-state index is 12.1. The molecule has 0 atom stereocenters. The lowest BCUT2D eigenvalue weighted by atomic mass is 10.2. The van der Waals surface area contributed by atoms with Crippen molar-refractivity contribution >= 4 is 34.9 Å². The molecule has 136 valence electrons. The molecule has 8 heteroatoms. The highest BCUT2D eigenvalue weighted by Gasteiger charge is 2.18. The SMILES string of the molecule is CCOC(=O)Nc1ccc(C(=O)NNC(=O)c2cc3c(s2)CCC3)cc1. The second-order valence-electron chi connectivity index (χ2n) is 5.74. The van der Waals surface area contributed by atoms with Crippen molar-refractivity contribution < 1.29 is 19.1 Å². The third kappa shape index (κ3) is 4.20. The topological polar surface area (TPSA) is 96.5 Å². The minimum absolute atomic E-state index is 0.277. The van der Waals surface area contributed by atoms with Crippen LogP contribution in [0, 0.1) is 0 Å². The molecule has 0 spiro atoms. The van der Waals surface area contributed by atoms with Crippen molar-refractivity contribution in [3.63, 3.8) is 0 Å². The summed E-state index contributed by atoms with van der Waals surface area (Å²) >= 11 is 1.47. The van der Waals surface area contributed by atoms with E-state index in [9.17, 15) is 14.4 Å². The van der Waals surface area contributed by atoms with Gasteiger partial charge in [-0.15, -0.1) is 11.3 Å². The predicted molar refractivity (Wildman–Crippen MR) is 98.4 cm³/mol. The van der Waals surface area contributed by atoms with Gasteiger partial charge in [-0.25, -0.2) is 4.79 Å². The number of aryl methyl sites for hydroxylation is 2. The van der Waals surface area contributed by atoms with Crippen LogP contribution in [0.5, 0.6) is 0 Å². The lowest BCUT2D eigenvalue weighted by Gasteiger charge is -2.08. The fourth-order valence-electron chi connectivity index (χ4n) is 2.68. The van der Waals surface area contributed by atoms with Crippen LogP contribution < -0.4 is 16.2 Å². The summed E-state index contributed by atoms with van der Waals surface area (Å²) in [6.45, 7) is 1.99. The number of rotatable bonds is 4. The monoisotopic (exact) mass is 373 g/mol. The van der Waals surface area contributed by atoms with Crippen LogP contribution in [0.2, 0.25) is 0 Å². The highest BCUT2D eigenvalue weighted by molar-refractivity contribution is 7.14. The summed E-state index contributed by atoms with van der Waals surface area (Å²) in [7, 11) is 0. The van der Waals surface area contributed by atoms with E-state index >= 15 is 0 Å². The Balaban J connectivity index is 1.52. The normalized spacial score (nSPS) is 12.2. The molecule has 2 aromatic rings. The molecule has 1 aliphatic rings. The van der Waals surface area contributed by atoms with Crippen molar-refractivity contribution in [2.75, 3.05) is 11.9 Å². The number of carbonyl (C=O) groups is 3. The molecule has 3 amide bonds. The van der Waals surface area contributed by atoms with Crippen LogP contribution in [0.4, 0.5) is 10.5 Å². The number of benzene rings is 1. The number of fused-ring (bicyclic) bond motifs is 1. The zero-order valence-corrected chi connectivity index (χ0v) is 15.1. The number of hydrogen-bond donors (Lipinski definition) is 3. The molecule has 26 heavy (non-hydrogen) atoms. The maximum Gasteiger partial charge on any atom is 0.411 e. The molecule has 0 fully saturated rings. The second-order valence-corrected chi connectivity index (χ2v) is 6.88. The third-order valence-corrected chi connectivity index (χ3v) is 5.16. The fraction of sp³-hybridized carbons (Fsp3) is 0.278. The van der Waals surface area contributed by atoms with Crippen molar-refractivity contribution in [2.45, 2.75) is 26.2 Å². The van der Waals surface area contributed by atoms with Gasteiger partial charge in [0, 0.05) is 16.1 Å². The zero-order valence-electron chi connectivity index (χ0n) is 14.3. The van der Waals surface area contributed by atoms with Gasteiger partial charge >= 0.3 is 6.09 Å². The summed E-state index contributed by atoms with van der Waals surface area (Å²) in [6, 6.07) is 8.14. The molecule has 0 bridgehead atoms. The lowest BCUT2D eigenvalue weighted by Crippen LogP contribution is -2.41. The van der Waals surface area contributed by atoms with Crippen molar-refractivity contribution in [1.29, 1.82) is 0 Å². The Morgan fingerprint density at radius 3 is 2.50 bits per heavy atom. The second kappa shape index (κ2) is 8.01. The van der Waals surface area contributed by atoms with Gasteiger partial charge in [0.25, 0.3) is 11.8 Å². The zero-order chi connectivity index (χ0) is 18.5. The summed E-state index contributed by atoms with van der Waals surface area (Å²) < 4.78 is 4.78. The van der Waals surface area contributed by atoms with Crippen LogP contribution in [0.15, 0.2) is 30.3 Å². The number of amides is 3. The van der Waals surface area contributed by atoms with Crippen LogP contribution >= 0.6 is 11.3 Å². The molecule has 7 nitrogen and oxygen atoms in total. The highest BCUT2D eigenvalue weighted by atomic mass is 32.1. The summed E-state index contributed by atoms with van der Waals surface area (Å²) in [5, 5.41) is 2.54. The smallest absolute Gasteiger partial charge is 0.411 e. The molecule has 0 radical (unpaired) electrons. The van der Waals surface area contributed by atoms with E-state index in [2.05, 4.69) is 16.2 Å². The molecule has 0 aliphatic heterocycles. The Kier molecular flexibility index (Phi) is 5.52. The summed E-state index contributed by atoms with van der Waals surface area (Å²) in [4.78, 5) is 37.5. The van der Waals surface area contributed by atoms with Gasteiger partial charge < -0.3 is 4.74 Å². The van der Waals surface area contributed by atoms with Gasteiger partial charge in [0.05, 0.1) is 11.5 Å². The van der Waals surface area contributed by atoms with Crippen LogP contribution in [-0.4, -0.2) is 24.5 Å². The first kappa shape index (κ1) is 17.9. The Bertz CT molecular complexity index is 808. The molecule has 0 saturated carbocycles. The molecule has 1 aromatic carbocycles. The first-order valence-electron chi connectivity index (χ1n) is 8.33. The van der Waals surface area contributed by atoms with Crippen molar-refractivity contribution in [2.24, 2.45) is 0 Å². The van der Waals surface area contributed by atoms with Crippen molar-refractivity contribution in [3.05, 3.63) is 51.2 Å². The van der Waals surface area contributed by atoms with Gasteiger partial charge in [0.15, 0.2) is 0 Å². The number of hydrogen-bond acceptors (Lipinski definition) is 5. The molecule has 0 unspecified atom stereocenters. The molecular formula is C18H19N3O4S. The molecule has 1 aliphatic carbocycles. The molecular weight excluding hydrogens is 354 g/mol. The highest BCUT2D eigenvalue weighted by Crippen LogP contribution is 2.30. The van der Waals surface area contributed by atoms with Crippen LogP contribution in [0.3, 0.4) is 0 Å². The summed E-state index contributed by atoms with van der Waals surface area (Å²) in [6.07, 6.45) is 2.62. The average molecular weight is 373 g/mol. The number of ether oxygens (including phenoxy) is 1. The van der Waals surface area contributed by atoms with Crippen LogP contribution in [0.1, 0.15) is 43.8 Å². The van der Waals surface area contributed by atoms with Crippen molar-refractivity contribution in [1.82, 2.24) is 10.9 Å². The Morgan fingerprint density at radius 2 is 1.81 bits per heavy atom. The Morgan fingerprint density at radius 1 is 1.08 bits per heavy atom. The van der Waals surface area contributed by atoms with Gasteiger partial charge in [0.1, 0.15) is 0 Å². The fourth-order valence-corrected chi connectivity index (χ4v) is 3.83. The Hall–Kier alpha value is -2.87. The first-order valence-corrected chi connectivity index (χ1v) is 9.14. The number of thiophene rings is 1. The largest absolute Gasteiger partial charge is 0.450 e. The van der Waals surface area contributed by atoms with E-state index in [1.807, 2.05) is 6.07 Å². The lowest BCUT2D eigenvalue weighted by molar-refractivity contribution is 0.0849. The van der Waals surface area contributed by atoms with Gasteiger partial charge in [-0.3, -0.25) is 25.8 Å². The summed E-state index contributed by atoms with van der Waals surface area (Å²) in [5.41, 5.74) is 6.93. The van der Waals surface area contributed by atoms with E-state index in [1.165, 1.54) is 21.8 Å². The number of anilines is 1. The third-order valence-electron chi connectivity index (χ3n) is 3.93. The van der Waals surface area contributed by atoms with Crippen LogP contribution in [-0.2, 0) is 17.6 Å².